The van der Waals surface area contributed by atoms with E-state index in [1.807, 2.05) is 19.1 Å². The largest absolute Gasteiger partial charge is 0.477 e. The van der Waals surface area contributed by atoms with Crippen molar-refractivity contribution >= 4 is 5.91 Å². The van der Waals surface area contributed by atoms with Gasteiger partial charge in [0.2, 0.25) is 5.88 Å². The third kappa shape index (κ3) is 5.15. The van der Waals surface area contributed by atoms with Crippen molar-refractivity contribution < 1.29 is 9.53 Å². The molecule has 138 valence electrons. The highest BCUT2D eigenvalue weighted by molar-refractivity contribution is 5.91. The molecule has 0 bridgehead atoms. The molecule has 1 amide bonds. The maximum absolute atomic E-state index is 12.3. The Hall–Kier alpha value is -2.70. The van der Waals surface area contributed by atoms with Gasteiger partial charge in [-0.25, -0.2) is 9.67 Å². The van der Waals surface area contributed by atoms with Gasteiger partial charge in [0.05, 0.1) is 6.61 Å². The monoisotopic (exact) mass is 356 g/mol. The molecule has 3 rings (SSSR count). The molecule has 0 radical (unpaired) electrons. The fourth-order valence-corrected chi connectivity index (χ4v) is 2.40. The van der Waals surface area contributed by atoms with Crippen molar-refractivity contribution in [3.63, 3.8) is 0 Å². The Morgan fingerprint density at radius 2 is 2.15 bits per heavy atom. The van der Waals surface area contributed by atoms with E-state index in [-0.39, 0.29) is 17.2 Å². The lowest BCUT2D eigenvalue weighted by atomic mass is 10.2. The van der Waals surface area contributed by atoms with Crippen LogP contribution >= 0.6 is 0 Å². The summed E-state index contributed by atoms with van der Waals surface area (Å²) in [5, 5.41) is 6.94. The Morgan fingerprint density at radius 1 is 1.31 bits per heavy atom. The third-order valence-electron chi connectivity index (χ3n) is 4.24. The second-order valence-electron chi connectivity index (χ2n) is 6.58. The summed E-state index contributed by atoms with van der Waals surface area (Å²) in [6.45, 7) is 3.62. The first-order chi connectivity index (χ1) is 12.7. The fraction of sp³-hybridized carbons (Fsp3) is 0.474. The summed E-state index contributed by atoms with van der Waals surface area (Å²) in [6, 6.07) is 6.52. The Kier molecular flexibility index (Phi) is 5.99. The summed E-state index contributed by atoms with van der Waals surface area (Å²) in [5.74, 6) is 0.977. The maximum atomic E-state index is 12.3. The molecule has 26 heavy (non-hydrogen) atoms. The van der Waals surface area contributed by atoms with Gasteiger partial charge in [-0.15, -0.1) is 0 Å². The van der Waals surface area contributed by atoms with Crippen molar-refractivity contribution in [2.45, 2.75) is 45.7 Å². The van der Waals surface area contributed by atoms with Crippen LogP contribution in [0.25, 0.3) is 0 Å². The number of aryl methyl sites for hydroxylation is 1. The molecule has 0 aliphatic heterocycles. The minimum Gasteiger partial charge on any atom is -0.477 e. The Bertz CT molecular complexity index is 797. The van der Waals surface area contributed by atoms with Crippen molar-refractivity contribution in [2.75, 3.05) is 6.61 Å². The number of hydrogen-bond donors (Lipinski definition) is 1. The molecule has 7 heteroatoms. The summed E-state index contributed by atoms with van der Waals surface area (Å²) in [6.07, 6.45) is 5.97. The van der Waals surface area contributed by atoms with Crippen molar-refractivity contribution in [1.82, 2.24) is 20.1 Å². The fourth-order valence-electron chi connectivity index (χ4n) is 2.40. The highest BCUT2D eigenvalue weighted by atomic mass is 16.5. The minimum absolute atomic E-state index is 0.194. The molecule has 0 atom stereocenters. The van der Waals surface area contributed by atoms with Crippen molar-refractivity contribution in [2.24, 2.45) is 5.92 Å². The van der Waals surface area contributed by atoms with Crippen LogP contribution in [-0.4, -0.2) is 27.3 Å². The number of ether oxygens (including phenoxy) is 1. The van der Waals surface area contributed by atoms with Gasteiger partial charge in [0, 0.05) is 31.4 Å². The second kappa shape index (κ2) is 8.60. The molecule has 0 saturated heterocycles. The Balaban J connectivity index is 1.53. The van der Waals surface area contributed by atoms with E-state index in [0.29, 0.717) is 24.9 Å². The number of carbonyl (C=O) groups is 1. The number of carbonyl (C=O) groups excluding carboxylic acids is 1. The second-order valence-corrected chi connectivity index (χ2v) is 6.58. The highest BCUT2D eigenvalue weighted by Crippen LogP contribution is 2.29. The van der Waals surface area contributed by atoms with Crippen LogP contribution < -0.4 is 15.6 Å². The van der Waals surface area contributed by atoms with E-state index in [2.05, 4.69) is 15.4 Å². The molecule has 2 aromatic rings. The molecular formula is C19H24N4O3. The SMILES string of the molecule is CCCCn1nc(C(=O)NCc2ccc(OCC3CC3)nc2)ccc1=O. The lowest BCUT2D eigenvalue weighted by Gasteiger charge is -2.08. The predicted molar refractivity (Wildman–Crippen MR) is 97.0 cm³/mol. The standard InChI is InChI=1S/C19H24N4O3/c1-2-3-10-23-18(24)9-7-16(22-23)19(25)21-12-15-6-8-17(20-11-15)26-13-14-4-5-14/h6-9,11,14H,2-5,10,12-13H2,1H3,(H,21,25). The molecule has 1 fully saturated rings. The molecule has 0 unspecified atom stereocenters. The molecule has 1 N–H and O–H groups in total. The van der Waals surface area contributed by atoms with Gasteiger partial charge in [0.1, 0.15) is 5.69 Å². The lowest BCUT2D eigenvalue weighted by Crippen LogP contribution is -2.29. The van der Waals surface area contributed by atoms with E-state index in [1.54, 1.807) is 6.20 Å². The number of unbranched alkanes of at least 4 members (excludes halogenated alkanes) is 1. The van der Waals surface area contributed by atoms with Crippen LogP contribution in [0.3, 0.4) is 0 Å². The number of rotatable bonds is 9. The summed E-state index contributed by atoms with van der Waals surface area (Å²) < 4.78 is 6.93. The van der Waals surface area contributed by atoms with Gasteiger partial charge in [-0.05, 0) is 36.8 Å². The van der Waals surface area contributed by atoms with Gasteiger partial charge in [0.25, 0.3) is 11.5 Å². The van der Waals surface area contributed by atoms with E-state index in [0.717, 1.165) is 25.0 Å². The summed E-state index contributed by atoms with van der Waals surface area (Å²) in [5.41, 5.74) is 0.912. The molecule has 2 aromatic heterocycles. The maximum Gasteiger partial charge on any atom is 0.271 e. The van der Waals surface area contributed by atoms with Crippen LogP contribution in [-0.2, 0) is 13.1 Å². The van der Waals surface area contributed by atoms with Gasteiger partial charge in [0.15, 0.2) is 0 Å². The van der Waals surface area contributed by atoms with Gasteiger partial charge < -0.3 is 10.1 Å². The molecule has 0 aromatic carbocycles. The smallest absolute Gasteiger partial charge is 0.271 e. The number of nitrogens with one attached hydrogen (secondary N) is 1. The zero-order valence-corrected chi connectivity index (χ0v) is 15.0. The van der Waals surface area contributed by atoms with Crippen molar-refractivity contribution in [1.29, 1.82) is 0 Å². The number of amides is 1. The zero-order valence-electron chi connectivity index (χ0n) is 15.0. The molecule has 2 heterocycles. The molecule has 7 nitrogen and oxygen atoms in total. The van der Waals surface area contributed by atoms with Gasteiger partial charge in [-0.1, -0.05) is 19.4 Å². The van der Waals surface area contributed by atoms with Crippen LogP contribution in [0.2, 0.25) is 0 Å². The molecular weight excluding hydrogens is 332 g/mol. The molecule has 1 aliphatic rings. The van der Waals surface area contributed by atoms with Crippen LogP contribution in [0, 0.1) is 5.92 Å². The van der Waals surface area contributed by atoms with Gasteiger partial charge in [-0.3, -0.25) is 9.59 Å². The predicted octanol–water partition coefficient (Wildman–Crippen LogP) is 2.16. The number of pyridine rings is 1. The zero-order chi connectivity index (χ0) is 18.4. The molecule has 0 spiro atoms. The van der Waals surface area contributed by atoms with Crippen LogP contribution in [0.5, 0.6) is 5.88 Å². The van der Waals surface area contributed by atoms with Crippen molar-refractivity contribution in [3.8, 4) is 5.88 Å². The van der Waals surface area contributed by atoms with Crippen molar-refractivity contribution in [3.05, 3.63) is 52.1 Å². The minimum atomic E-state index is -0.315. The molecule has 1 aliphatic carbocycles. The number of nitrogens with zero attached hydrogens (tertiary/aromatic N) is 3. The summed E-state index contributed by atoms with van der Waals surface area (Å²) in [4.78, 5) is 28.3. The number of aromatic nitrogens is 3. The third-order valence-corrected chi connectivity index (χ3v) is 4.24. The van der Waals surface area contributed by atoms with Gasteiger partial charge in [-0.2, -0.15) is 5.10 Å². The van der Waals surface area contributed by atoms with E-state index >= 15 is 0 Å². The first-order valence-electron chi connectivity index (χ1n) is 9.10. The van der Waals surface area contributed by atoms with Crippen LogP contribution in [0.1, 0.15) is 48.7 Å². The lowest BCUT2D eigenvalue weighted by molar-refractivity contribution is 0.0943. The van der Waals surface area contributed by atoms with E-state index in [9.17, 15) is 9.59 Å². The van der Waals surface area contributed by atoms with E-state index < -0.39 is 0 Å². The summed E-state index contributed by atoms with van der Waals surface area (Å²) in [7, 11) is 0. The molecule has 1 saturated carbocycles. The summed E-state index contributed by atoms with van der Waals surface area (Å²) >= 11 is 0. The Morgan fingerprint density at radius 3 is 2.85 bits per heavy atom. The normalized spacial score (nSPS) is 13.4. The first kappa shape index (κ1) is 18.1. The van der Waals surface area contributed by atoms with E-state index in [4.69, 9.17) is 4.74 Å². The quantitative estimate of drug-likeness (QED) is 0.744. The van der Waals surface area contributed by atoms with E-state index in [1.165, 1.54) is 29.7 Å². The highest BCUT2D eigenvalue weighted by Gasteiger charge is 2.22. The average molecular weight is 356 g/mol. The number of hydrogen-bond acceptors (Lipinski definition) is 5. The topological polar surface area (TPSA) is 86.1 Å². The first-order valence-corrected chi connectivity index (χ1v) is 9.10. The Labute approximate surface area is 152 Å². The average Bonchev–Trinajstić information content (AvgIpc) is 3.49. The van der Waals surface area contributed by atoms with Crippen LogP contribution in [0.15, 0.2) is 35.3 Å². The van der Waals surface area contributed by atoms with Crippen LogP contribution in [0.4, 0.5) is 0 Å². The van der Waals surface area contributed by atoms with Gasteiger partial charge >= 0.3 is 0 Å².